The molecule has 20 heavy (non-hydrogen) atoms. The van der Waals surface area contributed by atoms with Crippen LogP contribution in [0.4, 0.5) is 0 Å². The third-order valence-corrected chi connectivity index (χ3v) is 4.70. The molecule has 4 heteroatoms. The monoisotopic (exact) mass is 275 g/mol. The van der Waals surface area contributed by atoms with Crippen molar-refractivity contribution in [2.75, 3.05) is 13.1 Å². The molecule has 2 aliphatic heterocycles. The molecule has 0 aliphatic carbocycles. The minimum atomic E-state index is -0.270. The predicted octanol–water partition coefficient (Wildman–Crippen LogP) is 1.55. The molecule has 4 nitrogen and oxygen atoms in total. The summed E-state index contributed by atoms with van der Waals surface area (Å²) in [5.41, 5.74) is 1.16. The molecule has 110 valence electrons. The molecule has 2 saturated heterocycles. The standard InChI is InChI=1S/C16H25N3O/c20-16(11-18-10-13-3-2-8-17-9-13)12-19-14-4-1-5-15(19)7-6-14/h2-3,8-9,14-16,18,20H,1,4-7,10-12H2/t14-,15+,16?. The van der Waals surface area contributed by atoms with E-state index in [9.17, 15) is 5.11 Å². The van der Waals surface area contributed by atoms with Crippen LogP contribution in [0.1, 0.15) is 37.7 Å². The third kappa shape index (κ3) is 3.37. The van der Waals surface area contributed by atoms with Gasteiger partial charge in [-0.15, -0.1) is 0 Å². The lowest BCUT2D eigenvalue weighted by molar-refractivity contribution is 0.0621. The maximum absolute atomic E-state index is 10.2. The fraction of sp³-hybridized carbons (Fsp3) is 0.688. The van der Waals surface area contributed by atoms with Crippen LogP contribution in [-0.4, -0.2) is 46.3 Å². The molecule has 2 aliphatic rings. The molecular formula is C16H25N3O. The summed E-state index contributed by atoms with van der Waals surface area (Å²) in [6, 6.07) is 5.47. The molecule has 3 atom stereocenters. The van der Waals surface area contributed by atoms with Crippen molar-refractivity contribution in [1.82, 2.24) is 15.2 Å². The second-order valence-corrected chi connectivity index (χ2v) is 6.16. The number of hydrogen-bond acceptors (Lipinski definition) is 4. The molecule has 3 heterocycles. The molecule has 2 fully saturated rings. The normalized spacial score (nSPS) is 27.6. The lowest BCUT2D eigenvalue weighted by Crippen LogP contribution is -2.46. The number of nitrogens with one attached hydrogen (secondary N) is 1. The van der Waals surface area contributed by atoms with Gasteiger partial charge in [-0.2, -0.15) is 0 Å². The minimum absolute atomic E-state index is 0.270. The first kappa shape index (κ1) is 14.0. The number of aromatic nitrogens is 1. The highest BCUT2D eigenvalue weighted by Gasteiger charge is 2.36. The Hall–Kier alpha value is -0.970. The smallest absolute Gasteiger partial charge is 0.0791 e. The van der Waals surface area contributed by atoms with Crippen LogP contribution in [0.5, 0.6) is 0 Å². The van der Waals surface area contributed by atoms with Crippen LogP contribution in [0, 0.1) is 0 Å². The summed E-state index contributed by atoms with van der Waals surface area (Å²) in [6.07, 6.45) is 10.1. The molecule has 1 aromatic rings. The number of rotatable bonds is 6. The molecule has 2 N–H and O–H groups in total. The van der Waals surface area contributed by atoms with Gasteiger partial charge in [0, 0.05) is 44.1 Å². The van der Waals surface area contributed by atoms with E-state index in [1.54, 1.807) is 6.20 Å². The van der Waals surface area contributed by atoms with Crippen LogP contribution in [-0.2, 0) is 6.54 Å². The van der Waals surface area contributed by atoms with Crippen molar-refractivity contribution in [2.45, 2.75) is 56.8 Å². The molecule has 2 bridgehead atoms. The summed E-state index contributed by atoms with van der Waals surface area (Å²) in [7, 11) is 0. The van der Waals surface area contributed by atoms with Crippen LogP contribution in [0.3, 0.4) is 0 Å². The van der Waals surface area contributed by atoms with E-state index in [0.717, 1.165) is 30.7 Å². The topological polar surface area (TPSA) is 48.4 Å². The first-order valence-electron chi connectivity index (χ1n) is 7.86. The van der Waals surface area contributed by atoms with Crippen molar-refractivity contribution < 1.29 is 5.11 Å². The van der Waals surface area contributed by atoms with Gasteiger partial charge in [0.05, 0.1) is 6.10 Å². The van der Waals surface area contributed by atoms with Crippen molar-refractivity contribution in [1.29, 1.82) is 0 Å². The summed E-state index contributed by atoms with van der Waals surface area (Å²) in [5.74, 6) is 0. The molecule has 0 saturated carbocycles. The van der Waals surface area contributed by atoms with Crippen molar-refractivity contribution in [3.8, 4) is 0 Å². The second-order valence-electron chi connectivity index (χ2n) is 6.16. The van der Waals surface area contributed by atoms with E-state index < -0.39 is 0 Å². The lowest BCUT2D eigenvalue weighted by Gasteiger charge is -2.36. The summed E-state index contributed by atoms with van der Waals surface area (Å²) in [4.78, 5) is 6.65. The van der Waals surface area contributed by atoms with Crippen LogP contribution >= 0.6 is 0 Å². The Balaban J connectivity index is 1.40. The van der Waals surface area contributed by atoms with E-state index in [2.05, 4.69) is 21.3 Å². The van der Waals surface area contributed by atoms with Crippen LogP contribution in [0.2, 0.25) is 0 Å². The summed E-state index contributed by atoms with van der Waals surface area (Å²) in [5, 5.41) is 13.5. The summed E-state index contributed by atoms with van der Waals surface area (Å²) in [6.45, 7) is 2.26. The highest BCUT2D eigenvalue weighted by molar-refractivity contribution is 5.07. The maximum Gasteiger partial charge on any atom is 0.0791 e. The van der Waals surface area contributed by atoms with Crippen molar-refractivity contribution in [3.63, 3.8) is 0 Å². The first-order chi connectivity index (χ1) is 9.83. The van der Waals surface area contributed by atoms with E-state index in [1.807, 2.05) is 12.3 Å². The Morgan fingerprint density at radius 2 is 2.10 bits per heavy atom. The molecular weight excluding hydrogens is 250 g/mol. The molecule has 0 radical (unpaired) electrons. The zero-order valence-corrected chi connectivity index (χ0v) is 12.0. The van der Waals surface area contributed by atoms with E-state index in [-0.39, 0.29) is 6.10 Å². The highest BCUT2D eigenvalue weighted by Crippen LogP contribution is 2.35. The zero-order valence-electron chi connectivity index (χ0n) is 12.0. The number of aliphatic hydroxyl groups is 1. The van der Waals surface area contributed by atoms with Gasteiger partial charge in [0.1, 0.15) is 0 Å². The Labute approximate surface area is 121 Å². The fourth-order valence-corrected chi connectivity index (χ4v) is 3.72. The maximum atomic E-state index is 10.2. The first-order valence-corrected chi connectivity index (χ1v) is 7.86. The average molecular weight is 275 g/mol. The molecule has 0 amide bonds. The number of pyridine rings is 1. The van der Waals surface area contributed by atoms with Gasteiger partial charge in [0.2, 0.25) is 0 Å². The van der Waals surface area contributed by atoms with Gasteiger partial charge in [0.15, 0.2) is 0 Å². The van der Waals surface area contributed by atoms with Gasteiger partial charge in [-0.1, -0.05) is 12.5 Å². The zero-order chi connectivity index (χ0) is 13.8. The average Bonchev–Trinajstić information content (AvgIpc) is 2.70. The largest absolute Gasteiger partial charge is 0.390 e. The van der Waals surface area contributed by atoms with E-state index in [1.165, 1.54) is 32.1 Å². The quantitative estimate of drug-likeness (QED) is 0.827. The Bertz CT molecular complexity index is 395. The number of nitrogens with zero attached hydrogens (tertiary/aromatic N) is 2. The molecule has 3 rings (SSSR count). The van der Waals surface area contributed by atoms with Gasteiger partial charge in [-0.3, -0.25) is 9.88 Å². The Morgan fingerprint density at radius 3 is 2.80 bits per heavy atom. The number of fused-ring (bicyclic) bond motifs is 2. The molecule has 1 unspecified atom stereocenters. The number of aliphatic hydroxyl groups excluding tert-OH is 1. The van der Waals surface area contributed by atoms with Crippen LogP contribution < -0.4 is 5.32 Å². The van der Waals surface area contributed by atoms with Gasteiger partial charge in [0.25, 0.3) is 0 Å². The van der Waals surface area contributed by atoms with Crippen molar-refractivity contribution in [3.05, 3.63) is 30.1 Å². The second kappa shape index (κ2) is 6.66. The van der Waals surface area contributed by atoms with Gasteiger partial charge < -0.3 is 10.4 Å². The van der Waals surface area contributed by atoms with Gasteiger partial charge in [-0.05, 0) is 37.3 Å². The van der Waals surface area contributed by atoms with Gasteiger partial charge in [-0.25, -0.2) is 0 Å². The fourth-order valence-electron chi connectivity index (χ4n) is 3.72. The van der Waals surface area contributed by atoms with Crippen LogP contribution in [0.15, 0.2) is 24.5 Å². The molecule has 1 aromatic heterocycles. The summed E-state index contributed by atoms with van der Waals surface area (Å²) < 4.78 is 0. The lowest BCUT2D eigenvalue weighted by atomic mass is 10.0. The SMILES string of the molecule is OC(CNCc1cccnc1)CN1[C@@H]2CCC[C@H]1CC2. The number of hydrogen-bond donors (Lipinski definition) is 2. The number of piperidine rings is 1. The van der Waals surface area contributed by atoms with E-state index in [4.69, 9.17) is 0 Å². The Morgan fingerprint density at radius 1 is 1.30 bits per heavy atom. The molecule has 0 aromatic carbocycles. The predicted molar refractivity (Wildman–Crippen MR) is 79.3 cm³/mol. The third-order valence-electron chi connectivity index (χ3n) is 4.70. The van der Waals surface area contributed by atoms with Gasteiger partial charge >= 0.3 is 0 Å². The Kier molecular flexibility index (Phi) is 4.65. The van der Waals surface area contributed by atoms with Crippen LogP contribution in [0.25, 0.3) is 0 Å². The summed E-state index contributed by atoms with van der Waals surface area (Å²) >= 11 is 0. The minimum Gasteiger partial charge on any atom is -0.390 e. The molecule has 0 spiro atoms. The highest BCUT2D eigenvalue weighted by atomic mass is 16.3. The van der Waals surface area contributed by atoms with Crippen molar-refractivity contribution in [2.24, 2.45) is 0 Å². The van der Waals surface area contributed by atoms with E-state index in [0.29, 0.717) is 6.54 Å². The van der Waals surface area contributed by atoms with E-state index >= 15 is 0 Å². The van der Waals surface area contributed by atoms with Crippen molar-refractivity contribution >= 4 is 0 Å².